The largest absolute Gasteiger partial charge is 0.461 e. The first-order valence-electron chi connectivity index (χ1n) is 5.80. The second-order valence-electron chi connectivity index (χ2n) is 4.17. The fraction of sp³-hybridized carbons (Fsp3) is 0.545. The van der Waals surface area contributed by atoms with Gasteiger partial charge in [-0.25, -0.2) is 9.78 Å². The fourth-order valence-corrected chi connectivity index (χ4v) is 2.04. The Kier molecular flexibility index (Phi) is 3.22. The van der Waals surface area contributed by atoms with Gasteiger partial charge in [-0.15, -0.1) is 0 Å². The van der Waals surface area contributed by atoms with Crippen molar-refractivity contribution in [1.82, 2.24) is 14.5 Å². The number of imidazole rings is 1. The second kappa shape index (κ2) is 4.67. The van der Waals surface area contributed by atoms with Gasteiger partial charge in [0.15, 0.2) is 5.69 Å². The number of esters is 1. The summed E-state index contributed by atoms with van der Waals surface area (Å²) in [5.41, 5.74) is 5.92. The molecule has 1 aliphatic heterocycles. The number of ether oxygens (including phenoxy) is 1. The molecule has 7 nitrogen and oxygen atoms in total. The lowest BCUT2D eigenvalue weighted by Gasteiger charge is -2.13. The maximum Gasteiger partial charge on any atom is 0.360 e. The Labute approximate surface area is 105 Å². The highest BCUT2D eigenvalue weighted by Crippen LogP contribution is 2.26. The summed E-state index contributed by atoms with van der Waals surface area (Å²) in [5, 5.41) is 0. The predicted octanol–water partition coefficient (Wildman–Crippen LogP) is 0.0452. The van der Waals surface area contributed by atoms with Gasteiger partial charge in [0, 0.05) is 13.6 Å². The van der Waals surface area contributed by atoms with Crippen LogP contribution in [0.4, 0.5) is 5.82 Å². The minimum atomic E-state index is -0.562. The number of hydrogen-bond donors (Lipinski definition) is 1. The van der Waals surface area contributed by atoms with E-state index in [1.807, 2.05) is 0 Å². The fourth-order valence-electron chi connectivity index (χ4n) is 2.04. The van der Waals surface area contributed by atoms with Crippen molar-refractivity contribution >= 4 is 17.7 Å². The molecule has 0 aromatic carbocycles. The van der Waals surface area contributed by atoms with Gasteiger partial charge in [-0.3, -0.25) is 4.79 Å². The van der Waals surface area contributed by atoms with E-state index in [-0.39, 0.29) is 30.1 Å². The van der Waals surface area contributed by atoms with E-state index in [1.165, 1.54) is 10.9 Å². The van der Waals surface area contributed by atoms with Gasteiger partial charge >= 0.3 is 5.97 Å². The van der Waals surface area contributed by atoms with E-state index in [9.17, 15) is 9.59 Å². The second-order valence-corrected chi connectivity index (χ2v) is 4.17. The zero-order valence-corrected chi connectivity index (χ0v) is 10.4. The van der Waals surface area contributed by atoms with Crippen molar-refractivity contribution in [3.05, 3.63) is 12.0 Å². The topological polar surface area (TPSA) is 90.5 Å². The van der Waals surface area contributed by atoms with Crippen molar-refractivity contribution in [2.75, 3.05) is 25.9 Å². The zero-order valence-electron chi connectivity index (χ0n) is 10.4. The summed E-state index contributed by atoms with van der Waals surface area (Å²) in [6.45, 7) is 2.65. The van der Waals surface area contributed by atoms with Crippen LogP contribution in [0.3, 0.4) is 0 Å². The third-order valence-electron chi connectivity index (χ3n) is 3.04. The Morgan fingerprint density at radius 2 is 2.39 bits per heavy atom. The molecule has 18 heavy (non-hydrogen) atoms. The van der Waals surface area contributed by atoms with Gasteiger partial charge in [-0.05, 0) is 13.3 Å². The Hall–Kier alpha value is -2.05. The molecule has 1 aromatic rings. The summed E-state index contributed by atoms with van der Waals surface area (Å²) in [6.07, 6.45) is 2.08. The van der Waals surface area contributed by atoms with E-state index >= 15 is 0 Å². The average molecular weight is 252 g/mol. The Balaban J connectivity index is 2.26. The van der Waals surface area contributed by atoms with Crippen molar-refractivity contribution in [3.63, 3.8) is 0 Å². The summed E-state index contributed by atoms with van der Waals surface area (Å²) >= 11 is 0. The van der Waals surface area contributed by atoms with E-state index in [0.717, 1.165) is 0 Å². The van der Waals surface area contributed by atoms with E-state index in [1.54, 1.807) is 18.9 Å². The molecule has 0 radical (unpaired) electrons. The third kappa shape index (κ3) is 1.92. The number of rotatable bonds is 3. The molecular formula is C11H16N4O3. The number of aromatic nitrogens is 2. The lowest BCUT2D eigenvalue weighted by atomic mass is 10.2. The van der Waals surface area contributed by atoms with Crippen molar-refractivity contribution in [2.24, 2.45) is 0 Å². The van der Waals surface area contributed by atoms with Crippen molar-refractivity contribution in [3.8, 4) is 0 Å². The Bertz CT molecular complexity index is 483. The molecule has 1 fully saturated rings. The Morgan fingerprint density at radius 1 is 1.67 bits per heavy atom. The highest BCUT2D eigenvalue weighted by atomic mass is 16.5. The monoisotopic (exact) mass is 252 g/mol. The number of carbonyl (C=O) groups excluding carboxylic acids is 2. The number of anilines is 1. The van der Waals surface area contributed by atoms with Crippen LogP contribution in [0.25, 0.3) is 0 Å². The highest BCUT2D eigenvalue weighted by Gasteiger charge is 2.33. The highest BCUT2D eigenvalue weighted by molar-refractivity contribution is 5.92. The van der Waals surface area contributed by atoms with E-state index in [2.05, 4.69) is 4.98 Å². The minimum absolute atomic E-state index is 0.0190. The first-order valence-corrected chi connectivity index (χ1v) is 5.80. The number of hydrogen-bond acceptors (Lipinski definition) is 5. The number of nitrogens with zero attached hydrogens (tertiary/aromatic N) is 3. The summed E-state index contributed by atoms with van der Waals surface area (Å²) in [4.78, 5) is 29.0. The smallest absolute Gasteiger partial charge is 0.360 e. The first kappa shape index (κ1) is 12.4. The molecule has 0 spiro atoms. The van der Waals surface area contributed by atoms with Gasteiger partial charge in [0.05, 0.1) is 12.9 Å². The van der Waals surface area contributed by atoms with Crippen molar-refractivity contribution in [2.45, 2.75) is 19.4 Å². The van der Waals surface area contributed by atoms with Crippen LogP contribution in [0, 0.1) is 0 Å². The van der Waals surface area contributed by atoms with Gasteiger partial charge in [-0.1, -0.05) is 0 Å². The van der Waals surface area contributed by atoms with Crippen LogP contribution in [0.15, 0.2) is 6.33 Å². The minimum Gasteiger partial charge on any atom is -0.461 e. The molecule has 0 aliphatic carbocycles. The van der Waals surface area contributed by atoms with Crippen LogP contribution < -0.4 is 5.73 Å². The SMILES string of the molecule is CCOC(=O)c1ncn(C2CCN(C)C2=O)c1N. The van der Waals surface area contributed by atoms with E-state index in [0.29, 0.717) is 13.0 Å². The number of nitrogens with two attached hydrogens (primary N) is 1. The molecule has 2 heterocycles. The summed E-state index contributed by atoms with van der Waals surface area (Å²) in [7, 11) is 1.74. The molecule has 0 bridgehead atoms. The summed E-state index contributed by atoms with van der Waals surface area (Å²) in [6, 6.07) is -0.370. The molecular weight excluding hydrogens is 236 g/mol. The van der Waals surface area contributed by atoms with Crippen LogP contribution in [0.2, 0.25) is 0 Å². The summed E-state index contributed by atoms with van der Waals surface area (Å²) < 4.78 is 6.38. The van der Waals surface area contributed by atoms with Crippen LogP contribution in [-0.2, 0) is 9.53 Å². The summed E-state index contributed by atoms with van der Waals surface area (Å²) in [5.74, 6) is -0.399. The van der Waals surface area contributed by atoms with Gasteiger partial charge in [0.25, 0.3) is 0 Å². The van der Waals surface area contributed by atoms with Gasteiger partial charge in [-0.2, -0.15) is 0 Å². The molecule has 1 unspecified atom stereocenters. The van der Waals surface area contributed by atoms with E-state index in [4.69, 9.17) is 10.5 Å². The van der Waals surface area contributed by atoms with Crippen LogP contribution >= 0.6 is 0 Å². The molecule has 2 N–H and O–H groups in total. The normalized spacial score (nSPS) is 19.3. The quantitative estimate of drug-likeness (QED) is 0.767. The molecule has 1 aliphatic rings. The average Bonchev–Trinajstić information content (AvgIpc) is 2.85. The number of nitrogen functional groups attached to an aromatic ring is 1. The number of likely N-dealkylation sites (N-methyl/N-ethyl adjacent to an activating group) is 1. The van der Waals surface area contributed by atoms with Crippen LogP contribution in [0.1, 0.15) is 29.9 Å². The molecule has 1 saturated heterocycles. The number of carbonyl (C=O) groups is 2. The van der Waals surface area contributed by atoms with Gasteiger partial charge in [0.2, 0.25) is 5.91 Å². The zero-order chi connectivity index (χ0) is 13.3. The Morgan fingerprint density at radius 3 is 2.94 bits per heavy atom. The van der Waals surface area contributed by atoms with Crippen LogP contribution in [-0.4, -0.2) is 46.5 Å². The lowest BCUT2D eigenvalue weighted by molar-refractivity contribution is -0.129. The van der Waals surface area contributed by atoms with Gasteiger partial charge < -0.3 is 19.9 Å². The number of likely N-dealkylation sites (tertiary alicyclic amines) is 1. The van der Waals surface area contributed by atoms with Gasteiger partial charge in [0.1, 0.15) is 11.9 Å². The molecule has 0 saturated carbocycles. The predicted molar refractivity (Wildman–Crippen MR) is 63.9 cm³/mol. The molecule has 1 atom stereocenters. The maximum atomic E-state index is 11.9. The molecule has 2 rings (SSSR count). The molecule has 98 valence electrons. The number of amides is 1. The van der Waals surface area contributed by atoms with E-state index < -0.39 is 5.97 Å². The lowest BCUT2D eigenvalue weighted by Crippen LogP contribution is -2.25. The first-order chi connectivity index (χ1) is 8.56. The van der Waals surface area contributed by atoms with Crippen molar-refractivity contribution in [1.29, 1.82) is 0 Å². The molecule has 1 aromatic heterocycles. The molecule has 7 heteroatoms. The maximum absolute atomic E-state index is 11.9. The van der Waals surface area contributed by atoms with Crippen molar-refractivity contribution < 1.29 is 14.3 Å². The third-order valence-corrected chi connectivity index (χ3v) is 3.04. The standard InChI is InChI=1S/C11H16N4O3/c1-3-18-11(17)8-9(12)15(6-13-8)7-4-5-14(2)10(7)16/h6-7H,3-5,12H2,1-2H3. The van der Waals surface area contributed by atoms with Crippen LogP contribution in [0.5, 0.6) is 0 Å². The molecule has 1 amide bonds.